The van der Waals surface area contributed by atoms with Crippen LogP contribution in [0.25, 0.3) is 0 Å². The Balaban J connectivity index is 1.77. The van der Waals surface area contributed by atoms with Crippen LogP contribution in [0.2, 0.25) is 0 Å². The molecule has 0 bridgehead atoms. The first-order valence-electron chi connectivity index (χ1n) is 6.40. The minimum absolute atomic E-state index is 0.0639. The molecule has 0 aromatic rings. The van der Waals surface area contributed by atoms with Crippen LogP contribution in [0.4, 0.5) is 0 Å². The van der Waals surface area contributed by atoms with Crippen molar-refractivity contribution in [2.75, 3.05) is 19.6 Å². The molecular weight excluding hydrogens is 218 g/mol. The summed E-state index contributed by atoms with van der Waals surface area (Å²) in [6, 6.07) is 0. The van der Waals surface area contributed by atoms with Crippen molar-refractivity contribution in [2.24, 2.45) is 5.41 Å². The Morgan fingerprint density at radius 2 is 2.12 bits per heavy atom. The molecule has 0 amide bonds. The third-order valence-electron chi connectivity index (χ3n) is 3.72. The van der Waals surface area contributed by atoms with Gasteiger partial charge in [0.05, 0.1) is 18.2 Å². The van der Waals surface area contributed by atoms with E-state index in [4.69, 9.17) is 9.84 Å². The molecule has 1 aliphatic carbocycles. The van der Waals surface area contributed by atoms with Crippen LogP contribution >= 0.6 is 0 Å². The molecule has 1 aliphatic heterocycles. The first-order chi connectivity index (χ1) is 7.78. The summed E-state index contributed by atoms with van der Waals surface area (Å²) in [5, 5.41) is 8.77. The van der Waals surface area contributed by atoms with Gasteiger partial charge >= 0.3 is 5.97 Å². The maximum absolute atomic E-state index is 10.7. The summed E-state index contributed by atoms with van der Waals surface area (Å²) < 4.78 is 5.94. The van der Waals surface area contributed by atoms with Crippen molar-refractivity contribution in [3.63, 3.8) is 0 Å². The number of ether oxygens (including phenoxy) is 1. The third-order valence-corrected chi connectivity index (χ3v) is 3.72. The second kappa shape index (κ2) is 4.25. The molecule has 1 saturated heterocycles. The Labute approximate surface area is 103 Å². The van der Waals surface area contributed by atoms with Crippen molar-refractivity contribution >= 4 is 5.97 Å². The van der Waals surface area contributed by atoms with Gasteiger partial charge < -0.3 is 9.84 Å². The number of nitrogens with zero attached hydrogens (tertiary/aromatic N) is 1. The molecule has 1 spiro atoms. The van der Waals surface area contributed by atoms with E-state index in [9.17, 15) is 4.79 Å². The molecule has 0 radical (unpaired) electrons. The Hall–Kier alpha value is -0.610. The predicted molar refractivity (Wildman–Crippen MR) is 65.0 cm³/mol. The first-order valence-corrected chi connectivity index (χ1v) is 6.40. The monoisotopic (exact) mass is 241 g/mol. The van der Waals surface area contributed by atoms with Crippen LogP contribution in [0, 0.1) is 5.41 Å². The van der Waals surface area contributed by atoms with Crippen LogP contribution in [0.5, 0.6) is 0 Å². The highest BCUT2D eigenvalue weighted by molar-refractivity contribution is 5.69. The number of carboxylic acids is 1. The summed E-state index contributed by atoms with van der Waals surface area (Å²) in [6.45, 7) is 8.31. The highest BCUT2D eigenvalue weighted by atomic mass is 16.5. The van der Waals surface area contributed by atoms with Crippen LogP contribution in [-0.4, -0.2) is 47.3 Å². The van der Waals surface area contributed by atoms with E-state index >= 15 is 0 Å². The van der Waals surface area contributed by atoms with Gasteiger partial charge in [-0.2, -0.15) is 0 Å². The van der Waals surface area contributed by atoms with E-state index in [0.29, 0.717) is 11.5 Å². The van der Waals surface area contributed by atoms with Gasteiger partial charge in [0.15, 0.2) is 0 Å². The van der Waals surface area contributed by atoms with Gasteiger partial charge in [-0.25, -0.2) is 0 Å². The molecule has 0 aromatic heterocycles. The lowest BCUT2D eigenvalue weighted by Gasteiger charge is -2.47. The Morgan fingerprint density at radius 1 is 1.47 bits per heavy atom. The van der Waals surface area contributed by atoms with E-state index in [1.54, 1.807) is 0 Å². The van der Waals surface area contributed by atoms with Gasteiger partial charge in [0.25, 0.3) is 0 Å². The fourth-order valence-corrected chi connectivity index (χ4v) is 3.18. The van der Waals surface area contributed by atoms with Crippen LogP contribution in [-0.2, 0) is 9.53 Å². The fraction of sp³-hybridized carbons (Fsp3) is 0.923. The van der Waals surface area contributed by atoms with Gasteiger partial charge in [0.1, 0.15) is 0 Å². The van der Waals surface area contributed by atoms with Gasteiger partial charge in [0, 0.05) is 6.54 Å². The Kier molecular flexibility index (Phi) is 3.21. The topological polar surface area (TPSA) is 49.8 Å². The number of hydrogen-bond donors (Lipinski definition) is 1. The predicted octanol–water partition coefficient (Wildman–Crippen LogP) is 1.74. The summed E-state index contributed by atoms with van der Waals surface area (Å²) >= 11 is 0. The quantitative estimate of drug-likeness (QED) is 0.817. The number of rotatable bonds is 3. The average molecular weight is 241 g/mol. The van der Waals surface area contributed by atoms with E-state index in [1.807, 2.05) is 0 Å². The molecule has 1 N–H and O–H groups in total. The summed E-state index contributed by atoms with van der Waals surface area (Å²) in [7, 11) is 0. The third kappa shape index (κ3) is 3.19. The van der Waals surface area contributed by atoms with Crippen molar-refractivity contribution in [1.29, 1.82) is 0 Å². The van der Waals surface area contributed by atoms with Crippen molar-refractivity contribution < 1.29 is 14.6 Å². The average Bonchev–Trinajstić information content (AvgIpc) is 2.43. The standard InChI is InChI=1S/C13H23NO3/c1-12(2,3)17-10-6-13(7-10)4-5-14(9-13)8-11(15)16/h10H,4-9H2,1-3H3,(H,15,16). The molecule has 4 nitrogen and oxygen atoms in total. The van der Waals surface area contributed by atoms with E-state index in [2.05, 4.69) is 25.7 Å². The zero-order valence-electron chi connectivity index (χ0n) is 11.0. The van der Waals surface area contributed by atoms with Gasteiger partial charge in [0.2, 0.25) is 0 Å². The maximum Gasteiger partial charge on any atom is 0.317 e. The second-order valence-electron chi connectivity index (χ2n) is 6.61. The molecule has 0 atom stereocenters. The SMILES string of the molecule is CC(C)(C)OC1CC2(CCN(CC(=O)O)C2)C1. The molecule has 0 unspecified atom stereocenters. The lowest BCUT2D eigenvalue weighted by Crippen LogP contribution is -2.47. The van der Waals surface area contributed by atoms with E-state index < -0.39 is 5.97 Å². The minimum atomic E-state index is -0.719. The highest BCUT2D eigenvalue weighted by Crippen LogP contribution is 2.50. The molecule has 4 heteroatoms. The molecule has 2 fully saturated rings. The number of likely N-dealkylation sites (tertiary alicyclic amines) is 1. The lowest BCUT2D eigenvalue weighted by atomic mass is 9.66. The Bertz CT molecular complexity index is 302. The van der Waals surface area contributed by atoms with Crippen molar-refractivity contribution in [2.45, 2.75) is 51.7 Å². The maximum atomic E-state index is 10.7. The van der Waals surface area contributed by atoms with Crippen LogP contribution in [0.15, 0.2) is 0 Å². The van der Waals surface area contributed by atoms with E-state index in [1.165, 1.54) is 0 Å². The van der Waals surface area contributed by atoms with Crippen molar-refractivity contribution in [3.8, 4) is 0 Å². The zero-order chi connectivity index (χ0) is 12.7. The van der Waals surface area contributed by atoms with Gasteiger partial charge in [-0.1, -0.05) is 0 Å². The summed E-state index contributed by atoms with van der Waals surface area (Å²) in [6.07, 6.45) is 3.70. The van der Waals surface area contributed by atoms with Gasteiger partial charge in [-0.3, -0.25) is 9.69 Å². The molecular formula is C13H23NO3. The summed E-state index contributed by atoms with van der Waals surface area (Å²) in [4.78, 5) is 12.7. The van der Waals surface area contributed by atoms with Crippen LogP contribution in [0.1, 0.15) is 40.0 Å². The van der Waals surface area contributed by atoms with E-state index in [0.717, 1.165) is 32.4 Å². The largest absolute Gasteiger partial charge is 0.480 e. The van der Waals surface area contributed by atoms with Gasteiger partial charge in [-0.15, -0.1) is 0 Å². The molecule has 2 aliphatic rings. The molecule has 17 heavy (non-hydrogen) atoms. The molecule has 1 heterocycles. The van der Waals surface area contributed by atoms with Gasteiger partial charge in [-0.05, 0) is 52.0 Å². The Morgan fingerprint density at radius 3 is 2.65 bits per heavy atom. The number of carbonyl (C=O) groups is 1. The summed E-state index contributed by atoms with van der Waals surface area (Å²) in [5.41, 5.74) is 0.289. The smallest absolute Gasteiger partial charge is 0.317 e. The van der Waals surface area contributed by atoms with Crippen molar-refractivity contribution in [3.05, 3.63) is 0 Å². The number of aliphatic carboxylic acids is 1. The van der Waals surface area contributed by atoms with E-state index in [-0.39, 0.29) is 12.1 Å². The molecule has 1 saturated carbocycles. The number of carboxylic acid groups (broad SMARTS) is 1. The minimum Gasteiger partial charge on any atom is -0.480 e. The molecule has 2 rings (SSSR count). The molecule has 98 valence electrons. The zero-order valence-corrected chi connectivity index (χ0v) is 11.0. The second-order valence-corrected chi connectivity index (χ2v) is 6.61. The van der Waals surface area contributed by atoms with Crippen molar-refractivity contribution in [1.82, 2.24) is 4.90 Å². The van der Waals surface area contributed by atoms with Crippen LogP contribution in [0.3, 0.4) is 0 Å². The number of hydrogen-bond acceptors (Lipinski definition) is 3. The summed E-state index contributed by atoms with van der Waals surface area (Å²) in [5.74, 6) is -0.719. The first kappa shape index (κ1) is 12.8. The highest BCUT2D eigenvalue weighted by Gasteiger charge is 2.49. The van der Waals surface area contributed by atoms with Crippen LogP contribution < -0.4 is 0 Å². The fourth-order valence-electron chi connectivity index (χ4n) is 3.18. The molecule has 0 aromatic carbocycles. The normalized spacial score (nSPS) is 33.9. The lowest BCUT2D eigenvalue weighted by molar-refractivity contribution is -0.142.